The second kappa shape index (κ2) is 5.82. The molecule has 2 bridgehead atoms. The first-order chi connectivity index (χ1) is 12.9. The van der Waals surface area contributed by atoms with E-state index >= 15 is 0 Å². The third-order valence-corrected chi connectivity index (χ3v) is 7.20. The van der Waals surface area contributed by atoms with Crippen LogP contribution in [0.25, 0.3) is 0 Å². The maximum atomic E-state index is 13.1. The van der Waals surface area contributed by atoms with Crippen molar-refractivity contribution in [2.45, 2.75) is 19.4 Å². The van der Waals surface area contributed by atoms with E-state index in [1.165, 1.54) is 11.0 Å². The third kappa shape index (κ3) is 2.41. The van der Waals surface area contributed by atoms with Crippen LogP contribution < -0.4 is 5.32 Å². The van der Waals surface area contributed by atoms with E-state index in [0.29, 0.717) is 27.6 Å². The molecule has 0 unspecified atom stereocenters. The highest BCUT2D eigenvalue weighted by Gasteiger charge is 2.67. The minimum atomic E-state index is -0.891. The first kappa shape index (κ1) is 17.3. The van der Waals surface area contributed by atoms with E-state index < -0.39 is 11.9 Å². The van der Waals surface area contributed by atoms with Crippen LogP contribution in [0.2, 0.25) is 10.0 Å². The van der Waals surface area contributed by atoms with E-state index in [1.54, 1.807) is 19.1 Å². The van der Waals surface area contributed by atoms with Gasteiger partial charge >= 0.3 is 0 Å². The van der Waals surface area contributed by atoms with Crippen LogP contribution in [0.15, 0.2) is 30.4 Å². The van der Waals surface area contributed by atoms with E-state index in [4.69, 9.17) is 23.2 Å². The number of amides is 3. The molecule has 1 aliphatic heterocycles. The molecule has 1 aromatic carbocycles. The van der Waals surface area contributed by atoms with Gasteiger partial charge in [-0.3, -0.25) is 19.3 Å². The maximum absolute atomic E-state index is 13.1. The second-order valence-corrected chi connectivity index (χ2v) is 8.83. The van der Waals surface area contributed by atoms with Crippen LogP contribution in [0.1, 0.15) is 13.3 Å². The van der Waals surface area contributed by atoms with Crippen molar-refractivity contribution in [3.8, 4) is 0 Å². The number of carbonyl (C=O) groups is 3. The predicted octanol–water partition coefficient (Wildman–Crippen LogP) is 3.37. The summed E-state index contributed by atoms with van der Waals surface area (Å²) in [4.78, 5) is 40.0. The molecule has 3 fully saturated rings. The molecule has 140 valence electrons. The summed E-state index contributed by atoms with van der Waals surface area (Å²) in [5.41, 5.74) is 0.400. The van der Waals surface area contributed by atoms with Gasteiger partial charge in [0.05, 0.1) is 22.5 Å². The highest BCUT2D eigenvalue weighted by Crippen LogP contribution is 2.65. The molecule has 3 amide bonds. The molecular weight excluding hydrogens is 387 g/mol. The Kier molecular flexibility index (Phi) is 3.72. The molecule has 5 aliphatic rings. The topological polar surface area (TPSA) is 66.5 Å². The zero-order chi connectivity index (χ0) is 19.0. The van der Waals surface area contributed by atoms with E-state index in [9.17, 15) is 14.4 Å². The number of allylic oxidation sites excluding steroid dienone is 2. The Bertz CT molecular complexity index is 878. The summed E-state index contributed by atoms with van der Waals surface area (Å²) in [6.07, 6.45) is 5.35. The standard InChI is InChI=1S/C20H18Cl2N2O3/c1-8(18(25)23-15-5-2-9(21)6-14(15)22)24-19(26)16-10-3-4-11(13-7-12(10)13)17(16)20(24)27/h2-6,8,10-13,16-17H,7H2,1H3,(H,23,25)/t8-,10+,11+,12+,13+,16-,17-/m1/s1. The van der Waals surface area contributed by atoms with E-state index in [1.807, 2.05) is 0 Å². The molecule has 7 atom stereocenters. The fourth-order valence-corrected chi connectivity index (χ4v) is 5.76. The van der Waals surface area contributed by atoms with Gasteiger partial charge in [-0.2, -0.15) is 0 Å². The summed E-state index contributed by atoms with van der Waals surface area (Å²) in [7, 11) is 0. The Morgan fingerprint density at radius 2 is 1.70 bits per heavy atom. The van der Waals surface area contributed by atoms with Crippen LogP contribution in [0, 0.1) is 35.5 Å². The number of carbonyl (C=O) groups excluding carboxylic acids is 3. The van der Waals surface area contributed by atoms with Crippen LogP contribution in [-0.4, -0.2) is 28.7 Å². The van der Waals surface area contributed by atoms with E-state index in [-0.39, 0.29) is 35.5 Å². The minimum Gasteiger partial charge on any atom is -0.323 e. The lowest BCUT2D eigenvalue weighted by molar-refractivity contribution is -0.146. The average Bonchev–Trinajstić information content (AvgIpc) is 3.41. The summed E-state index contributed by atoms with van der Waals surface area (Å²) in [6, 6.07) is 3.85. The fraction of sp³-hybridized carbons (Fsp3) is 0.450. The summed E-state index contributed by atoms with van der Waals surface area (Å²) < 4.78 is 0. The number of hydrogen-bond acceptors (Lipinski definition) is 3. The molecule has 1 N–H and O–H groups in total. The van der Waals surface area contributed by atoms with Gasteiger partial charge in [-0.05, 0) is 55.2 Å². The molecule has 1 heterocycles. The summed E-state index contributed by atoms with van der Waals surface area (Å²) in [5, 5.41) is 3.46. The Balaban J connectivity index is 1.38. The number of hydrogen-bond donors (Lipinski definition) is 1. The van der Waals surface area contributed by atoms with Gasteiger partial charge in [-0.15, -0.1) is 0 Å². The Morgan fingerprint density at radius 1 is 1.11 bits per heavy atom. The number of likely N-dealkylation sites (tertiary alicyclic amines) is 1. The number of anilines is 1. The summed E-state index contributed by atoms with van der Waals surface area (Å²) >= 11 is 12.0. The lowest BCUT2D eigenvalue weighted by Gasteiger charge is -2.37. The van der Waals surface area contributed by atoms with Crippen LogP contribution in [-0.2, 0) is 14.4 Å². The van der Waals surface area contributed by atoms with E-state index in [2.05, 4.69) is 17.5 Å². The van der Waals surface area contributed by atoms with Crippen molar-refractivity contribution >= 4 is 46.6 Å². The van der Waals surface area contributed by atoms with Crippen LogP contribution in [0.4, 0.5) is 5.69 Å². The van der Waals surface area contributed by atoms with Crippen molar-refractivity contribution in [2.75, 3.05) is 5.32 Å². The van der Waals surface area contributed by atoms with Crippen molar-refractivity contribution in [2.24, 2.45) is 35.5 Å². The maximum Gasteiger partial charge on any atom is 0.247 e. The molecule has 1 aromatic rings. The van der Waals surface area contributed by atoms with Crippen LogP contribution in [0.3, 0.4) is 0 Å². The molecular formula is C20H18Cl2N2O3. The molecule has 6 rings (SSSR count). The van der Waals surface area contributed by atoms with Gasteiger partial charge in [0, 0.05) is 5.02 Å². The number of rotatable bonds is 3. The molecule has 0 radical (unpaired) electrons. The second-order valence-electron chi connectivity index (χ2n) is 7.99. The largest absolute Gasteiger partial charge is 0.323 e. The SMILES string of the molecule is C[C@H](C(=O)Nc1ccc(Cl)cc1Cl)N1C(=O)[C@@H]2[C@H]3C=C[C@@H]([C@@H]4C[C@@H]34)[C@H]2C1=O. The quantitative estimate of drug-likeness (QED) is 0.620. The van der Waals surface area contributed by atoms with Gasteiger partial charge in [0.2, 0.25) is 17.7 Å². The molecule has 2 saturated carbocycles. The number of nitrogens with zero attached hydrogens (tertiary/aromatic N) is 1. The van der Waals surface area contributed by atoms with Gasteiger partial charge in [-0.25, -0.2) is 0 Å². The van der Waals surface area contributed by atoms with Crippen molar-refractivity contribution in [3.05, 3.63) is 40.4 Å². The summed E-state index contributed by atoms with van der Waals surface area (Å²) in [6.45, 7) is 1.59. The van der Waals surface area contributed by atoms with Gasteiger partial charge in [0.15, 0.2) is 0 Å². The molecule has 27 heavy (non-hydrogen) atoms. The van der Waals surface area contributed by atoms with Gasteiger partial charge in [0.1, 0.15) is 6.04 Å². The number of nitrogens with one attached hydrogen (secondary N) is 1. The number of imide groups is 1. The molecule has 5 nitrogen and oxygen atoms in total. The van der Waals surface area contributed by atoms with Crippen molar-refractivity contribution in [3.63, 3.8) is 0 Å². The first-order valence-electron chi connectivity index (χ1n) is 9.19. The Labute approximate surface area is 166 Å². The molecule has 1 saturated heterocycles. The Morgan fingerprint density at radius 3 is 2.26 bits per heavy atom. The molecule has 0 aromatic heterocycles. The van der Waals surface area contributed by atoms with Gasteiger partial charge < -0.3 is 5.32 Å². The summed E-state index contributed by atoms with van der Waals surface area (Å²) in [5.74, 6) is -0.0925. The van der Waals surface area contributed by atoms with Crippen molar-refractivity contribution < 1.29 is 14.4 Å². The van der Waals surface area contributed by atoms with Gasteiger partial charge in [0.25, 0.3) is 0 Å². The minimum absolute atomic E-state index is 0.146. The lowest BCUT2D eigenvalue weighted by Crippen LogP contribution is -2.46. The lowest BCUT2D eigenvalue weighted by atomic mass is 9.63. The number of benzene rings is 1. The monoisotopic (exact) mass is 404 g/mol. The first-order valence-corrected chi connectivity index (χ1v) is 9.95. The zero-order valence-corrected chi connectivity index (χ0v) is 16.1. The third-order valence-electron chi connectivity index (χ3n) is 6.65. The zero-order valence-electron chi connectivity index (χ0n) is 14.6. The average molecular weight is 405 g/mol. The van der Waals surface area contributed by atoms with Crippen LogP contribution >= 0.6 is 23.2 Å². The smallest absolute Gasteiger partial charge is 0.247 e. The van der Waals surface area contributed by atoms with E-state index in [0.717, 1.165) is 6.42 Å². The molecule has 7 heteroatoms. The van der Waals surface area contributed by atoms with Crippen molar-refractivity contribution in [1.29, 1.82) is 0 Å². The highest BCUT2D eigenvalue weighted by atomic mass is 35.5. The number of halogens is 2. The van der Waals surface area contributed by atoms with Gasteiger partial charge in [-0.1, -0.05) is 35.4 Å². The highest BCUT2D eigenvalue weighted by molar-refractivity contribution is 6.36. The van der Waals surface area contributed by atoms with Crippen LogP contribution in [0.5, 0.6) is 0 Å². The fourth-order valence-electron chi connectivity index (χ4n) is 5.31. The Hall–Kier alpha value is -1.85. The normalized spacial score (nSPS) is 36.5. The molecule has 0 spiro atoms. The predicted molar refractivity (Wildman–Crippen MR) is 101 cm³/mol. The van der Waals surface area contributed by atoms with Crippen molar-refractivity contribution in [1.82, 2.24) is 4.90 Å². The molecule has 4 aliphatic carbocycles.